The van der Waals surface area contributed by atoms with E-state index >= 15 is 0 Å². The smallest absolute Gasteiger partial charge is 0.220 e. The zero-order valence-corrected chi connectivity index (χ0v) is 22.4. The number of carbonyl (C=O) groups is 1. The molecule has 0 aromatic carbocycles. The number of hydrogen-bond donors (Lipinski definition) is 5. The van der Waals surface area contributed by atoms with Crippen molar-refractivity contribution < 1.29 is 20.1 Å². The number of carbonyl (C=O) groups excluding carboxylic acids is 1. The van der Waals surface area contributed by atoms with Gasteiger partial charge in [0, 0.05) is 13.0 Å². The molecule has 4 aliphatic carbocycles. The first-order valence-corrected chi connectivity index (χ1v) is 14.6. The van der Waals surface area contributed by atoms with Gasteiger partial charge in [0.15, 0.2) is 0 Å². The maximum Gasteiger partial charge on any atom is 0.220 e. The van der Waals surface area contributed by atoms with Gasteiger partial charge in [-0.15, -0.1) is 0 Å². The lowest BCUT2D eigenvalue weighted by atomic mass is 9.43. The molecule has 0 radical (unpaired) electrons. The van der Waals surface area contributed by atoms with E-state index in [9.17, 15) is 20.1 Å². The largest absolute Gasteiger partial charge is 0.393 e. The van der Waals surface area contributed by atoms with Crippen molar-refractivity contribution in [2.24, 2.45) is 52.1 Å². The second kappa shape index (κ2) is 11.0. The molecular weight excluding hydrogens is 440 g/mol. The van der Waals surface area contributed by atoms with Crippen LogP contribution in [0.1, 0.15) is 97.8 Å². The van der Waals surface area contributed by atoms with Crippen LogP contribution in [0.3, 0.4) is 0 Å². The quantitative estimate of drug-likeness (QED) is 0.315. The Hall–Kier alpha value is -0.690. The number of amides is 1. The summed E-state index contributed by atoms with van der Waals surface area (Å²) < 4.78 is 0. The van der Waals surface area contributed by atoms with Crippen LogP contribution in [0.4, 0.5) is 0 Å². The van der Waals surface area contributed by atoms with Crippen molar-refractivity contribution >= 4 is 5.91 Å². The van der Waals surface area contributed by atoms with Gasteiger partial charge in [0.25, 0.3) is 0 Å². The minimum absolute atomic E-state index is 0.109. The highest BCUT2D eigenvalue weighted by atomic mass is 16.3. The van der Waals surface area contributed by atoms with E-state index in [-0.39, 0.29) is 41.0 Å². The summed E-state index contributed by atoms with van der Waals surface area (Å²) in [6.07, 6.45) is 9.86. The molecular formula is C29H52N2O4. The van der Waals surface area contributed by atoms with Gasteiger partial charge in [-0.05, 0) is 117 Å². The van der Waals surface area contributed by atoms with Gasteiger partial charge >= 0.3 is 0 Å². The van der Waals surface area contributed by atoms with Crippen molar-refractivity contribution in [1.82, 2.24) is 5.32 Å². The van der Waals surface area contributed by atoms with Crippen LogP contribution in [0, 0.1) is 46.3 Å². The van der Waals surface area contributed by atoms with Crippen molar-refractivity contribution in [2.45, 2.75) is 116 Å². The summed E-state index contributed by atoms with van der Waals surface area (Å²) >= 11 is 0. The number of fused-ring (bicyclic) bond motifs is 5. The lowest BCUT2D eigenvalue weighted by molar-refractivity contribution is -0.207. The van der Waals surface area contributed by atoms with Crippen LogP contribution < -0.4 is 11.1 Å². The predicted octanol–water partition coefficient (Wildman–Crippen LogP) is 3.61. The Bertz CT molecular complexity index is 733. The number of hydrogen-bond acceptors (Lipinski definition) is 5. The summed E-state index contributed by atoms with van der Waals surface area (Å²) in [6.45, 7) is 8.37. The molecule has 4 fully saturated rings. The van der Waals surface area contributed by atoms with Crippen LogP contribution in [0.25, 0.3) is 0 Å². The highest BCUT2D eigenvalue weighted by Crippen LogP contribution is 2.68. The van der Waals surface area contributed by atoms with Gasteiger partial charge in [-0.25, -0.2) is 0 Å². The molecule has 4 saturated carbocycles. The van der Waals surface area contributed by atoms with E-state index in [2.05, 4.69) is 26.1 Å². The van der Waals surface area contributed by atoms with E-state index in [4.69, 9.17) is 5.73 Å². The minimum atomic E-state index is -0.366. The van der Waals surface area contributed by atoms with E-state index in [1.165, 1.54) is 0 Å². The van der Waals surface area contributed by atoms with Gasteiger partial charge in [-0.1, -0.05) is 27.2 Å². The van der Waals surface area contributed by atoms with Crippen LogP contribution in [-0.4, -0.2) is 52.6 Å². The Morgan fingerprint density at radius 3 is 2.54 bits per heavy atom. The molecule has 1 amide bonds. The van der Waals surface area contributed by atoms with Gasteiger partial charge in [0.05, 0.1) is 18.3 Å². The summed E-state index contributed by atoms with van der Waals surface area (Å²) in [6, 6.07) is 0. The van der Waals surface area contributed by atoms with Crippen molar-refractivity contribution in [2.75, 3.05) is 13.1 Å². The topological polar surface area (TPSA) is 116 Å². The van der Waals surface area contributed by atoms with E-state index in [0.29, 0.717) is 42.6 Å². The fourth-order valence-corrected chi connectivity index (χ4v) is 9.45. The second-order valence-electron chi connectivity index (χ2n) is 13.2. The molecule has 0 bridgehead atoms. The van der Waals surface area contributed by atoms with E-state index in [0.717, 1.165) is 77.2 Å². The van der Waals surface area contributed by atoms with Gasteiger partial charge in [0.1, 0.15) is 0 Å². The standard InChI is InChI=1S/C29H52N2O4/c1-18(7-10-26(35)31-14-6-4-5-13-30)21-8-9-22-27-23(17-25(34)29(21,22)3)28(2)12-11-20(32)15-19(28)16-24(27)33/h18-25,27,32-34H,4-17,30H2,1-3H3,(H,31,35)/t18-,19+,20-,21-,22+,23+,24-,25+,27+,28+,29-/m1/s1. The molecule has 0 spiro atoms. The molecule has 35 heavy (non-hydrogen) atoms. The van der Waals surface area contributed by atoms with E-state index in [1.807, 2.05) is 0 Å². The molecule has 4 rings (SSSR count). The Morgan fingerprint density at radius 1 is 1.03 bits per heavy atom. The lowest BCUT2D eigenvalue weighted by Crippen LogP contribution is -2.62. The molecule has 6 N–H and O–H groups in total. The third-order valence-electron chi connectivity index (χ3n) is 11.6. The molecule has 4 aliphatic rings. The first kappa shape index (κ1) is 27.3. The van der Waals surface area contributed by atoms with Crippen molar-refractivity contribution in [3.05, 3.63) is 0 Å². The number of unbranched alkanes of at least 4 members (excludes halogenated alkanes) is 2. The van der Waals surface area contributed by atoms with Crippen LogP contribution in [0.5, 0.6) is 0 Å². The molecule has 0 unspecified atom stereocenters. The SMILES string of the molecule is C[C@H](CCC(=O)NCCCCCN)[C@H]1CC[C@H]2[C@@H]3[C@H](O)C[C@@H]4C[C@H](O)CC[C@]4(C)[C@H]3C[C@H](O)[C@]12C. The zero-order chi connectivity index (χ0) is 25.4. The third kappa shape index (κ3) is 5.06. The molecule has 0 saturated heterocycles. The third-order valence-corrected chi connectivity index (χ3v) is 11.6. The molecule has 6 heteroatoms. The van der Waals surface area contributed by atoms with Crippen LogP contribution >= 0.6 is 0 Å². The van der Waals surface area contributed by atoms with Gasteiger partial charge in [-0.3, -0.25) is 4.79 Å². The first-order valence-electron chi connectivity index (χ1n) is 14.6. The minimum Gasteiger partial charge on any atom is -0.393 e. The first-order chi connectivity index (χ1) is 16.6. The zero-order valence-electron chi connectivity index (χ0n) is 22.4. The summed E-state index contributed by atoms with van der Waals surface area (Å²) in [7, 11) is 0. The number of nitrogens with two attached hydrogens (primary N) is 1. The molecule has 202 valence electrons. The Labute approximate surface area is 212 Å². The van der Waals surface area contributed by atoms with Crippen molar-refractivity contribution in [1.29, 1.82) is 0 Å². The Morgan fingerprint density at radius 2 is 1.80 bits per heavy atom. The van der Waals surface area contributed by atoms with Gasteiger partial charge < -0.3 is 26.4 Å². The number of aliphatic hydroxyl groups is 3. The van der Waals surface area contributed by atoms with E-state index in [1.54, 1.807) is 0 Å². The molecule has 0 aromatic heterocycles. The highest BCUT2D eigenvalue weighted by Gasteiger charge is 2.65. The Balaban J connectivity index is 1.40. The highest BCUT2D eigenvalue weighted by molar-refractivity contribution is 5.75. The molecule has 6 nitrogen and oxygen atoms in total. The fraction of sp³-hybridized carbons (Fsp3) is 0.966. The average Bonchev–Trinajstić information content (AvgIpc) is 3.17. The normalized spacial score (nSPS) is 45.8. The summed E-state index contributed by atoms with van der Waals surface area (Å²) in [4.78, 5) is 12.4. The maximum atomic E-state index is 12.4. The van der Waals surface area contributed by atoms with Crippen molar-refractivity contribution in [3.8, 4) is 0 Å². The van der Waals surface area contributed by atoms with E-state index < -0.39 is 0 Å². The summed E-state index contributed by atoms with van der Waals surface area (Å²) in [5.41, 5.74) is 5.45. The monoisotopic (exact) mass is 492 g/mol. The lowest BCUT2D eigenvalue weighted by Gasteiger charge is -2.63. The second-order valence-corrected chi connectivity index (χ2v) is 13.2. The van der Waals surface area contributed by atoms with Gasteiger partial charge in [0.2, 0.25) is 5.91 Å². The van der Waals surface area contributed by atoms with Crippen LogP contribution in [0.2, 0.25) is 0 Å². The molecule has 0 aromatic rings. The maximum absolute atomic E-state index is 12.4. The number of nitrogens with one attached hydrogen (secondary N) is 1. The number of rotatable bonds is 9. The molecule has 11 atom stereocenters. The molecule has 0 heterocycles. The summed E-state index contributed by atoms with van der Waals surface area (Å²) in [5.74, 6) is 2.14. The predicted molar refractivity (Wildman–Crippen MR) is 138 cm³/mol. The number of aliphatic hydroxyl groups excluding tert-OH is 3. The van der Waals surface area contributed by atoms with Crippen LogP contribution in [-0.2, 0) is 4.79 Å². The van der Waals surface area contributed by atoms with Crippen molar-refractivity contribution in [3.63, 3.8) is 0 Å². The Kier molecular flexibility index (Phi) is 8.57. The van der Waals surface area contributed by atoms with Crippen LogP contribution in [0.15, 0.2) is 0 Å². The summed E-state index contributed by atoms with van der Waals surface area (Å²) in [5, 5.41) is 36.4. The molecule has 0 aliphatic heterocycles. The fourth-order valence-electron chi connectivity index (χ4n) is 9.45. The van der Waals surface area contributed by atoms with Gasteiger partial charge in [-0.2, -0.15) is 0 Å². The average molecular weight is 493 g/mol.